The Kier molecular flexibility index (Phi) is 6.18. The van der Waals surface area contributed by atoms with Gasteiger partial charge in [-0.2, -0.15) is 0 Å². The molecule has 0 spiro atoms. The average molecular weight is 320 g/mol. The van der Waals surface area contributed by atoms with Gasteiger partial charge in [0.15, 0.2) is 9.84 Å². The Hall–Kier alpha value is -1.35. The van der Waals surface area contributed by atoms with Crippen molar-refractivity contribution in [1.82, 2.24) is 0 Å². The standard InChI is InChI=1S/C19H28O2S/c1-7-16(19(4,5)6)11-14-17(8-2)22(20,21)18-12-9-15(3)10-13-18/h7-10,12-13,16-17H,1-2,11,14H2,3-6H3/t16-,17?/m1/s1. The van der Waals surface area contributed by atoms with Crippen molar-refractivity contribution >= 4 is 9.84 Å². The Morgan fingerprint density at radius 1 is 1.05 bits per heavy atom. The van der Waals surface area contributed by atoms with E-state index >= 15 is 0 Å². The fraction of sp³-hybridized carbons (Fsp3) is 0.474. The van der Waals surface area contributed by atoms with Crippen molar-refractivity contribution in [2.45, 2.75) is 50.7 Å². The summed E-state index contributed by atoms with van der Waals surface area (Å²) in [7, 11) is -3.37. The zero-order valence-electron chi connectivity index (χ0n) is 14.2. The molecule has 1 unspecified atom stereocenters. The first-order valence-electron chi connectivity index (χ1n) is 7.68. The maximum Gasteiger partial charge on any atom is 0.184 e. The third kappa shape index (κ3) is 4.57. The van der Waals surface area contributed by atoms with Crippen LogP contribution in [0.15, 0.2) is 54.5 Å². The highest BCUT2D eigenvalue weighted by Crippen LogP contribution is 2.32. The van der Waals surface area contributed by atoms with E-state index in [1.807, 2.05) is 25.1 Å². The maximum absolute atomic E-state index is 12.7. The third-order valence-corrected chi connectivity index (χ3v) is 6.32. The van der Waals surface area contributed by atoms with Gasteiger partial charge in [0.2, 0.25) is 0 Å². The van der Waals surface area contributed by atoms with Crippen LogP contribution >= 0.6 is 0 Å². The second kappa shape index (κ2) is 7.28. The van der Waals surface area contributed by atoms with Crippen molar-refractivity contribution in [3.05, 3.63) is 55.1 Å². The Morgan fingerprint density at radius 2 is 1.59 bits per heavy atom. The molecular weight excluding hydrogens is 292 g/mol. The van der Waals surface area contributed by atoms with Gasteiger partial charge in [-0.3, -0.25) is 0 Å². The van der Waals surface area contributed by atoms with Crippen molar-refractivity contribution in [3.8, 4) is 0 Å². The molecule has 0 bridgehead atoms. The van der Waals surface area contributed by atoms with Crippen molar-refractivity contribution in [2.75, 3.05) is 0 Å². The minimum Gasteiger partial charge on any atom is -0.223 e. The van der Waals surface area contributed by atoms with Crippen molar-refractivity contribution in [2.24, 2.45) is 11.3 Å². The Balaban J connectivity index is 2.93. The van der Waals surface area contributed by atoms with Crippen LogP contribution in [-0.4, -0.2) is 13.7 Å². The van der Waals surface area contributed by atoms with Gasteiger partial charge in [-0.15, -0.1) is 13.2 Å². The van der Waals surface area contributed by atoms with Gasteiger partial charge in [0.25, 0.3) is 0 Å². The molecule has 1 aromatic rings. The van der Waals surface area contributed by atoms with E-state index in [0.717, 1.165) is 12.0 Å². The maximum atomic E-state index is 12.7. The van der Waals surface area contributed by atoms with Gasteiger partial charge in [0.1, 0.15) is 0 Å². The fourth-order valence-corrected chi connectivity index (χ4v) is 4.12. The van der Waals surface area contributed by atoms with Crippen LogP contribution in [0, 0.1) is 18.3 Å². The number of rotatable bonds is 7. The molecule has 0 heterocycles. The molecule has 0 fully saturated rings. The van der Waals surface area contributed by atoms with E-state index in [4.69, 9.17) is 0 Å². The van der Waals surface area contributed by atoms with Crippen molar-refractivity contribution in [1.29, 1.82) is 0 Å². The highest BCUT2D eigenvalue weighted by molar-refractivity contribution is 7.92. The summed E-state index contributed by atoms with van der Waals surface area (Å²) >= 11 is 0. The first-order valence-corrected chi connectivity index (χ1v) is 9.23. The van der Waals surface area contributed by atoms with Crippen LogP contribution in [0.3, 0.4) is 0 Å². The predicted molar refractivity (Wildman–Crippen MR) is 94.7 cm³/mol. The van der Waals surface area contributed by atoms with E-state index < -0.39 is 15.1 Å². The van der Waals surface area contributed by atoms with Gasteiger partial charge < -0.3 is 0 Å². The number of aryl methyl sites for hydroxylation is 1. The zero-order chi connectivity index (χ0) is 17.0. The molecule has 3 heteroatoms. The predicted octanol–water partition coefficient (Wildman–Crippen LogP) is 4.95. The Bertz CT molecular complexity index is 604. The SMILES string of the molecule is C=CC(CC[C@@H](C=C)C(C)(C)C)S(=O)(=O)c1ccc(C)cc1. The van der Waals surface area contributed by atoms with E-state index in [-0.39, 0.29) is 11.3 Å². The Labute approximate surface area is 135 Å². The number of sulfone groups is 1. The van der Waals surface area contributed by atoms with Gasteiger partial charge in [-0.1, -0.05) is 50.6 Å². The van der Waals surface area contributed by atoms with Crippen LogP contribution in [0.1, 0.15) is 39.2 Å². The van der Waals surface area contributed by atoms with E-state index in [1.165, 1.54) is 0 Å². The summed E-state index contributed by atoms with van der Waals surface area (Å²) in [6.45, 7) is 16.0. The number of hydrogen-bond donors (Lipinski definition) is 0. The first-order chi connectivity index (χ1) is 10.1. The smallest absolute Gasteiger partial charge is 0.184 e. The van der Waals surface area contributed by atoms with Crippen LogP contribution in [-0.2, 0) is 9.84 Å². The largest absolute Gasteiger partial charge is 0.223 e. The lowest BCUT2D eigenvalue weighted by atomic mass is 9.78. The minimum absolute atomic E-state index is 0.0844. The van der Waals surface area contributed by atoms with Gasteiger partial charge in [0, 0.05) is 0 Å². The summed E-state index contributed by atoms with van der Waals surface area (Å²) in [6, 6.07) is 7.01. The lowest BCUT2D eigenvalue weighted by Gasteiger charge is -2.29. The van der Waals surface area contributed by atoms with E-state index in [9.17, 15) is 8.42 Å². The monoisotopic (exact) mass is 320 g/mol. The molecule has 2 atom stereocenters. The quantitative estimate of drug-likeness (QED) is 0.666. The molecule has 22 heavy (non-hydrogen) atoms. The van der Waals surface area contributed by atoms with Crippen LogP contribution in [0.5, 0.6) is 0 Å². The van der Waals surface area contributed by atoms with Crippen molar-refractivity contribution in [3.63, 3.8) is 0 Å². The highest BCUT2D eigenvalue weighted by atomic mass is 32.2. The van der Waals surface area contributed by atoms with Gasteiger partial charge in [0.05, 0.1) is 10.1 Å². The molecular formula is C19H28O2S. The van der Waals surface area contributed by atoms with Crippen molar-refractivity contribution < 1.29 is 8.42 Å². The molecule has 1 aromatic carbocycles. The van der Waals surface area contributed by atoms with Crippen LogP contribution in [0.2, 0.25) is 0 Å². The second-order valence-electron chi connectivity index (χ2n) is 6.92. The molecule has 0 aromatic heterocycles. The molecule has 0 amide bonds. The summed E-state index contributed by atoms with van der Waals surface area (Å²) in [4.78, 5) is 0.369. The summed E-state index contributed by atoms with van der Waals surface area (Å²) in [5.74, 6) is 0.281. The molecule has 0 aliphatic heterocycles. The topological polar surface area (TPSA) is 34.1 Å². The molecule has 0 N–H and O–H groups in total. The van der Waals surface area contributed by atoms with E-state index in [1.54, 1.807) is 18.2 Å². The lowest BCUT2D eigenvalue weighted by Crippen LogP contribution is -2.24. The zero-order valence-corrected chi connectivity index (χ0v) is 15.0. The molecule has 122 valence electrons. The van der Waals surface area contributed by atoms with Gasteiger partial charge >= 0.3 is 0 Å². The molecule has 0 saturated heterocycles. The molecule has 0 aliphatic carbocycles. The second-order valence-corrected chi connectivity index (χ2v) is 9.08. The molecule has 0 radical (unpaired) electrons. The summed E-state index contributed by atoms with van der Waals surface area (Å²) in [5.41, 5.74) is 1.13. The summed E-state index contributed by atoms with van der Waals surface area (Å²) in [5, 5.41) is -0.556. The third-order valence-electron chi connectivity index (χ3n) is 4.17. The lowest BCUT2D eigenvalue weighted by molar-refractivity contribution is 0.274. The van der Waals surface area contributed by atoms with Crippen LogP contribution in [0.4, 0.5) is 0 Å². The first kappa shape index (κ1) is 18.7. The highest BCUT2D eigenvalue weighted by Gasteiger charge is 2.28. The average Bonchev–Trinajstić information content (AvgIpc) is 2.42. The fourth-order valence-electron chi connectivity index (χ4n) is 2.55. The van der Waals surface area contributed by atoms with Crippen LogP contribution in [0.25, 0.3) is 0 Å². The van der Waals surface area contributed by atoms with Gasteiger partial charge in [-0.25, -0.2) is 8.42 Å². The van der Waals surface area contributed by atoms with E-state index in [0.29, 0.717) is 11.3 Å². The summed E-state index contributed by atoms with van der Waals surface area (Å²) in [6.07, 6.45) is 4.83. The van der Waals surface area contributed by atoms with Crippen LogP contribution < -0.4 is 0 Å². The normalized spacial score (nSPS) is 15.1. The number of allylic oxidation sites excluding steroid dienone is 1. The number of hydrogen-bond acceptors (Lipinski definition) is 2. The van der Waals surface area contributed by atoms with Gasteiger partial charge in [-0.05, 0) is 43.2 Å². The minimum atomic E-state index is -3.37. The Morgan fingerprint density at radius 3 is 2.00 bits per heavy atom. The molecule has 2 nitrogen and oxygen atoms in total. The molecule has 1 rings (SSSR count). The molecule has 0 saturated carbocycles. The molecule has 0 aliphatic rings. The summed E-state index contributed by atoms with van der Waals surface area (Å²) < 4.78 is 25.5. The van der Waals surface area contributed by atoms with E-state index in [2.05, 4.69) is 33.9 Å². The number of benzene rings is 1.